The first-order valence-corrected chi connectivity index (χ1v) is 12.7. The first kappa shape index (κ1) is 25.3. The lowest BCUT2D eigenvalue weighted by Crippen LogP contribution is -2.52. The molecule has 0 saturated heterocycles. The van der Waals surface area contributed by atoms with E-state index in [0.29, 0.717) is 30.0 Å². The maximum Gasteiger partial charge on any atom is 0.244 e. The average molecular weight is 494 g/mol. The van der Waals surface area contributed by atoms with E-state index >= 15 is 0 Å². The maximum absolute atomic E-state index is 13.5. The number of hydrogen-bond acceptors (Lipinski definition) is 6. The molecule has 0 aromatic heterocycles. The highest BCUT2D eigenvalue weighted by Crippen LogP contribution is 2.36. The Morgan fingerprint density at radius 3 is 2.38 bits per heavy atom. The van der Waals surface area contributed by atoms with E-state index in [9.17, 15) is 22.4 Å². The van der Waals surface area contributed by atoms with E-state index in [1.807, 2.05) is 0 Å². The third kappa shape index (κ3) is 5.96. The molecule has 11 heteroatoms. The molecule has 1 heterocycles. The number of hydrogen-bond donors (Lipinski definition) is 1. The largest absolute Gasteiger partial charge is 0.454 e. The van der Waals surface area contributed by atoms with Crippen LogP contribution in [0.2, 0.25) is 0 Å². The molecule has 2 aromatic rings. The molecule has 0 unspecified atom stereocenters. The summed E-state index contributed by atoms with van der Waals surface area (Å²) in [7, 11) is -3.87. The number of likely N-dealkylation sites (N-methyl/N-ethyl adjacent to an activating group) is 1. The third-order valence-corrected chi connectivity index (χ3v) is 6.47. The van der Waals surface area contributed by atoms with Crippen molar-refractivity contribution < 1.29 is 31.9 Å². The van der Waals surface area contributed by atoms with Crippen molar-refractivity contribution in [3.8, 4) is 11.5 Å². The van der Waals surface area contributed by atoms with E-state index < -0.39 is 34.3 Å². The summed E-state index contributed by atoms with van der Waals surface area (Å²) < 4.78 is 50.2. The highest BCUT2D eigenvalue weighted by Gasteiger charge is 2.32. The minimum Gasteiger partial charge on any atom is -0.454 e. The lowest BCUT2D eigenvalue weighted by Gasteiger charge is -2.32. The molecule has 9 nitrogen and oxygen atoms in total. The fraction of sp³-hybridized carbons (Fsp3) is 0.391. The van der Waals surface area contributed by atoms with Crippen LogP contribution in [0.25, 0.3) is 0 Å². The van der Waals surface area contributed by atoms with Crippen LogP contribution in [-0.2, 0) is 26.2 Å². The topological polar surface area (TPSA) is 105 Å². The van der Waals surface area contributed by atoms with Crippen molar-refractivity contribution >= 4 is 27.5 Å². The van der Waals surface area contributed by atoms with Crippen molar-refractivity contribution in [3.05, 3.63) is 53.8 Å². The van der Waals surface area contributed by atoms with Gasteiger partial charge in [0.25, 0.3) is 0 Å². The molecule has 1 atom stereocenters. The van der Waals surface area contributed by atoms with Gasteiger partial charge in [0.2, 0.25) is 28.6 Å². The quantitative estimate of drug-likeness (QED) is 0.544. The Labute approximate surface area is 198 Å². The van der Waals surface area contributed by atoms with Gasteiger partial charge in [0.05, 0.1) is 11.9 Å². The van der Waals surface area contributed by atoms with Crippen LogP contribution >= 0.6 is 0 Å². The summed E-state index contributed by atoms with van der Waals surface area (Å²) in [5.74, 6) is -0.511. The molecule has 0 saturated carbocycles. The minimum absolute atomic E-state index is 0.00744. The Morgan fingerprint density at radius 1 is 1.09 bits per heavy atom. The summed E-state index contributed by atoms with van der Waals surface area (Å²) in [6, 6.07) is 9.31. The van der Waals surface area contributed by atoms with E-state index in [0.717, 1.165) is 10.6 Å². The standard InChI is InChI=1S/C23H28FN3O6S/c1-4-19(23(29)25-5-2)26(13-16-6-8-17(24)9-7-16)22(28)14-27(34(3,30)31)18-10-11-20-21(12-18)33-15-32-20/h6-12,19H,4-5,13-15H2,1-3H3,(H,25,29)/t19-/m0/s1. The molecule has 34 heavy (non-hydrogen) atoms. The van der Waals surface area contributed by atoms with Crippen molar-refractivity contribution in [1.82, 2.24) is 10.2 Å². The summed E-state index contributed by atoms with van der Waals surface area (Å²) in [4.78, 5) is 27.5. The number of ether oxygens (including phenoxy) is 2. The molecule has 0 aliphatic carbocycles. The predicted molar refractivity (Wildman–Crippen MR) is 124 cm³/mol. The molecule has 0 radical (unpaired) electrons. The fourth-order valence-electron chi connectivity index (χ4n) is 3.65. The van der Waals surface area contributed by atoms with Crippen molar-refractivity contribution in [3.63, 3.8) is 0 Å². The van der Waals surface area contributed by atoms with Gasteiger partial charge in [0.1, 0.15) is 18.4 Å². The molecule has 0 spiro atoms. The summed E-state index contributed by atoms with van der Waals surface area (Å²) in [5, 5.41) is 2.72. The number of sulfonamides is 1. The van der Waals surface area contributed by atoms with Crippen LogP contribution in [0.1, 0.15) is 25.8 Å². The summed E-state index contributed by atoms with van der Waals surface area (Å²) in [6.07, 6.45) is 1.30. The smallest absolute Gasteiger partial charge is 0.244 e. The van der Waals surface area contributed by atoms with E-state index in [4.69, 9.17) is 9.47 Å². The normalized spacial score (nSPS) is 13.3. The minimum atomic E-state index is -3.87. The highest BCUT2D eigenvalue weighted by atomic mass is 32.2. The second-order valence-electron chi connectivity index (χ2n) is 7.77. The van der Waals surface area contributed by atoms with E-state index in [1.165, 1.54) is 41.3 Å². The lowest BCUT2D eigenvalue weighted by molar-refractivity contribution is -0.140. The SMILES string of the molecule is CCNC(=O)[C@H](CC)N(Cc1ccc(F)cc1)C(=O)CN(c1ccc2c(c1)OCO2)S(C)(=O)=O. The lowest BCUT2D eigenvalue weighted by atomic mass is 10.1. The van der Waals surface area contributed by atoms with E-state index in [-0.39, 0.29) is 24.9 Å². The van der Waals surface area contributed by atoms with Gasteiger partial charge in [-0.05, 0) is 43.2 Å². The molecular weight excluding hydrogens is 465 g/mol. The first-order valence-electron chi connectivity index (χ1n) is 10.8. The zero-order valence-electron chi connectivity index (χ0n) is 19.3. The number of amides is 2. The van der Waals surface area contributed by atoms with Gasteiger partial charge in [0.15, 0.2) is 11.5 Å². The zero-order chi connectivity index (χ0) is 24.9. The van der Waals surface area contributed by atoms with Crippen LogP contribution in [0, 0.1) is 5.82 Å². The number of benzene rings is 2. The van der Waals surface area contributed by atoms with Gasteiger partial charge in [0, 0.05) is 19.2 Å². The molecule has 184 valence electrons. The molecule has 1 aliphatic heterocycles. The van der Waals surface area contributed by atoms with E-state index in [1.54, 1.807) is 19.9 Å². The second kappa shape index (κ2) is 10.7. The monoisotopic (exact) mass is 493 g/mol. The molecule has 0 bridgehead atoms. The Bertz CT molecular complexity index is 1140. The number of carbonyl (C=O) groups excluding carboxylic acids is 2. The van der Waals surface area contributed by atoms with Gasteiger partial charge in [-0.25, -0.2) is 12.8 Å². The Morgan fingerprint density at radius 2 is 1.76 bits per heavy atom. The van der Waals surface area contributed by atoms with Gasteiger partial charge in [-0.1, -0.05) is 19.1 Å². The number of fused-ring (bicyclic) bond motifs is 1. The van der Waals surface area contributed by atoms with E-state index in [2.05, 4.69) is 5.32 Å². The van der Waals surface area contributed by atoms with Crippen molar-refractivity contribution in [2.45, 2.75) is 32.9 Å². The van der Waals surface area contributed by atoms with Gasteiger partial charge >= 0.3 is 0 Å². The summed E-state index contributed by atoms with van der Waals surface area (Å²) >= 11 is 0. The van der Waals surface area contributed by atoms with Gasteiger partial charge in [-0.15, -0.1) is 0 Å². The van der Waals surface area contributed by atoms with Crippen LogP contribution in [0.15, 0.2) is 42.5 Å². The Hall–Kier alpha value is -3.34. The number of nitrogens with one attached hydrogen (secondary N) is 1. The average Bonchev–Trinajstić information content (AvgIpc) is 3.26. The third-order valence-electron chi connectivity index (χ3n) is 5.33. The molecule has 2 amide bonds. The number of rotatable bonds is 10. The number of halogens is 1. The van der Waals surface area contributed by atoms with Gasteiger partial charge in [-0.3, -0.25) is 13.9 Å². The Balaban J connectivity index is 1.93. The Kier molecular flexibility index (Phi) is 7.98. The molecular formula is C23H28FN3O6S. The first-order chi connectivity index (χ1) is 16.1. The maximum atomic E-state index is 13.5. The van der Waals surface area contributed by atoms with Crippen LogP contribution in [0.3, 0.4) is 0 Å². The number of carbonyl (C=O) groups is 2. The number of nitrogens with zero attached hydrogens (tertiary/aromatic N) is 2. The predicted octanol–water partition coefficient (Wildman–Crippen LogP) is 2.26. The van der Waals surface area contributed by atoms with Crippen molar-refractivity contribution in [2.75, 3.05) is 30.4 Å². The van der Waals surface area contributed by atoms with Crippen molar-refractivity contribution in [2.24, 2.45) is 0 Å². The fourth-order valence-corrected chi connectivity index (χ4v) is 4.49. The molecule has 1 aliphatic rings. The molecule has 0 fully saturated rings. The second-order valence-corrected chi connectivity index (χ2v) is 9.68. The van der Waals surface area contributed by atoms with Crippen LogP contribution in [0.5, 0.6) is 11.5 Å². The number of anilines is 1. The van der Waals surface area contributed by atoms with Gasteiger partial charge < -0.3 is 19.7 Å². The molecule has 1 N–H and O–H groups in total. The van der Waals surface area contributed by atoms with Crippen LogP contribution in [-0.4, -0.2) is 57.3 Å². The summed E-state index contributed by atoms with van der Waals surface area (Å²) in [6.45, 7) is 3.40. The van der Waals surface area contributed by atoms with Gasteiger partial charge in [-0.2, -0.15) is 0 Å². The molecule has 3 rings (SSSR count). The summed E-state index contributed by atoms with van der Waals surface area (Å²) in [5.41, 5.74) is 0.833. The van der Waals surface area contributed by atoms with Crippen LogP contribution in [0.4, 0.5) is 10.1 Å². The highest BCUT2D eigenvalue weighted by molar-refractivity contribution is 7.92. The van der Waals surface area contributed by atoms with Crippen molar-refractivity contribution in [1.29, 1.82) is 0 Å². The molecule has 2 aromatic carbocycles. The zero-order valence-corrected chi connectivity index (χ0v) is 20.1. The van der Waals surface area contributed by atoms with Crippen LogP contribution < -0.4 is 19.1 Å².